The molecule has 0 spiro atoms. The molecule has 0 N–H and O–H groups in total. The summed E-state index contributed by atoms with van der Waals surface area (Å²) in [4.78, 5) is 2.24. The minimum Gasteiger partial charge on any atom is -0.308 e. The van der Waals surface area contributed by atoms with Gasteiger partial charge in [-0.15, -0.1) is 0 Å². The molecule has 27 heavy (non-hydrogen) atoms. The summed E-state index contributed by atoms with van der Waals surface area (Å²) in [7, 11) is -3.29. The fourth-order valence-corrected chi connectivity index (χ4v) is 5.81. The van der Waals surface area contributed by atoms with Gasteiger partial charge in [-0.1, -0.05) is 74.5 Å². The van der Waals surface area contributed by atoms with Gasteiger partial charge in [0.1, 0.15) is 5.78 Å². The van der Waals surface area contributed by atoms with Crippen LogP contribution in [0, 0.1) is 5.92 Å². The Hall–Kier alpha value is -1.45. The van der Waals surface area contributed by atoms with Crippen LogP contribution >= 0.6 is 7.60 Å². The summed E-state index contributed by atoms with van der Waals surface area (Å²) in [6, 6.07) is 20.5. The lowest BCUT2D eigenvalue weighted by atomic mass is 10.1. The van der Waals surface area contributed by atoms with Gasteiger partial charge in [0.2, 0.25) is 0 Å². The maximum Gasteiger partial charge on any atom is 0.347 e. The van der Waals surface area contributed by atoms with Crippen molar-refractivity contribution in [3.8, 4) is 0 Å². The van der Waals surface area contributed by atoms with E-state index in [2.05, 4.69) is 43.0 Å². The minimum absolute atomic E-state index is 0.112. The molecule has 2 aromatic carbocycles. The van der Waals surface area contributed by atoms with Gasteiger partial charge in [-0.2, -0.15) is 0 Å². The van der Waals surface area contributed by atoms with Crippen molar-refractivity contribution in [3.05, 3.63) is 71.8 Å². The summed E-state index contributed by atoms with van der Waals surface area (Å²) in [5.41, 5.74) is 2.36. The Labute approximate surface area is 164 Å². The normalized spacial score (nSPS) is 13.3. The molecule has 0 aliphatic carbocycles. The highest BCUT2D eigenvalue weighted by Gasteiger charge is 2.42. The lowest BCUT2D eigenvalue weighted by Gasteiger charge is -2.38. The Bertz CT molecular complexity index is 655. The molecule has 0 amide bonds. The summed E-state index contributed by atoms with van der Waals surface area (Å²) in [6.07, 6.45) is 0. The van der Waals surface area contributed by atoms with Gasteiger partial charge >= 0.3 is 7.60 Å². The van der Waals surface area contributed by atoms with E-state index in [-0.39, 0.29) is 11.7 Å². The van der Waals surface area contributed by atoms with Crippen molar-refractivity contribution in [2.45, 2.75) is 46.6 Å². The van der Waals surface area contributed by atoms with Crippen LogP contribution in [-0.2, 0) is 26.7 Å². The Morgan fingerprint density at radius 1 is 0.815 bits per heavy atom. The van der Waals surface area contributed by atoms with E-state index < -0.39 is 7.60 Å². The maximum absolute atomic E-state index is 13.7. The Balaban J connectivity index is 2.41. The third-order valence-electron chi connectivity index (χ3n) is 4.37. The highest BCUT2D eigenvalue weighted by molar-refractivity contribution is 7.54. The van der Waals surface area contributed by atoms with E-state index in [0.717, 1.165) is 0 Å². The molecule has 1 atom stereocenters. The van der Waals surface area contributed by atoms with Gasteiger partial charge in [-0.05, 0) is 30.9 Å². The molecule has 1 unspecified atom stereocenters. The first-order valence-electron chi connectivity index (χ1n) is 9.70. The van der Waals surface area contributed by atoms with Crippen LogP contribution in [0.2, 0.25) is 0 Å². The topological polar surface area (TPSA) is 38.8 Å². The SMILES string of the molecule is CCOP(=O)(OCC)C(C(C)C)N(Cc1ccccc1)Cc1ccccc1. The Kier molecular flexibility index (Phi) is 8.72. The van der Waals surface area contributed by atoms with E-state index in [4.69, 9.17) is 9.05 Å². The molecular weight excluding hydrogens is 357 g/mol. The van der Waals surface area contributed by atoms with Crippen molar-refractivity contribution >= 4 is 7.60 Å². The number of hydrogen-bond acceptors (Lipinski definition) is 4. The van der Waals surface area contributed by atoms with Crippen LogP contribution in [0.1, 0.15) is 38.8 Å². The van der Waals surface area contributed by atoms with Crippen LogP contribution < -0.4 is 0 Å². The number of hydrogen-bond donors (Lipinski definition) is 0. The second-order valence-corrected chi connectivity index (χ2v) is 9.03. The zero-order valence-corrected chi connectivity index (χ0v) is 17.8. The quantitative estimate of drug-likeness (QED) is 0.446. The van der Waals surface area contributed by atoms with E-state index in [9.17, 15) is 4.57 Å². The standard InChI is InChI=1S/C22H32NO3P/c1-5-25-27(24,26-6-2)22(19(3)4)23(17-20-13-9-7-10-14-20)18-21-15-11-8-12-16-21/h7-16,19,22H,5-6,17-18H2,1-4H3. The molecule has 5 heteroatoms. The summed E-state index contributed by atoms with van der Waals surface area (Å²) in [5, 5.41) is 0. The van der Waals surface area contributed by atoms with Crippen LogP contribution in [0.4, 0.5) is 0 Å². The predicted octanol–water partition coefficient (Wildman–Crippen LogP) is 5.94. The molecule has 0 saturated heterocycles. The molecule has 2 rings (SSSR count). The molecule has 0 fully saturated rings. The number of benzene rings is 2. The maximum atomic E-state index is 13.7. The molecule has 0 heterocycles. The van der Waals surface area contributed by atoms with Gasteiger partial charge in [-0.25, -0.2) is 0 Å². The van der Waals surface area contributed by atoms with Gasteiger partial charge in [0.15, 0.2) is 0 Å². The monoisotopic (exact) mass is 389 g/mol. The number of nitrogens with zero attached hydrogens (tertiary/aromatic N) is 1. The van der Waals surface area contributed by atoms with Crippen LogP contribution in [0.5, 0.6) is 0 Å². The lowest BCUT2D eigenvalue weighted by molar-refractivity contribution is 0.131. The van der Waals surface area contributed by atoms with Crippen LogP contribution in [0.3, 0.4) is 0 Å². The predicted molar refractivity (Wildman–Crippen MR) is 112 cm³/mol. The molecule has 0 aliphatic rings. The molecule has 0 saturated carbocycles. The molecule has 0 radical (unpaired) electrons. The minimum atomic E-state index is -3.29. The van der Waals surface area contributed by atoms with Crippen molar-refractivity contribution in [1.82, 2.24) is 4.90 Å². The van der Waals surface area contributed by atoms with Crippen LogP contribution in [0.15, 0.2) is 60.7 Å². The van der Waals surface area contributed by atoms with Crippen molar-refractivity contribution in [2.75, 3.05) is 13.2 Å². The van der Waals surface area contributed by atoms with Crippen molar-refractivity contribution in [3.63, 3.8) is 0 Å². The van der Waals surface area contributed by atoms with Gasteiger partial charge in [0.25, 0.3) is 0 Å². The van der Waals surface area contributed by atoms with Crippen LogP contribution in [-0.4, -0.2) is 23.9 Å². The van der Waals surface area contributed by atoms with Gasteiger partial charge in [-0.3, -0.25) is 9.46 Å². The molecule has 2 aromatic rings. The second-order valence-electron chi connectivity index (χ2n) is 6.91. The fraction of sp³-hybridized carbons (Fsp3) is 0.455. The molecule has 0 aromatic heterocycles. The number of rotatable bonds is 11. The van der Waals surface area contributed by atoms with E-state index >= 15 is 0 Å². The summed E-state index contributed by atoms with van der Waals surface area (Å²) < 4.78 is 25.2. The van der Waals surface area contributed by atoms with Gasteiger partial charge < -0.3 is 9.05 Å². The highest BCUT2D eigenvalue weighted by Crippen LogP contribution is 2.57. The molecule has 0 bridgehead atoms. The first kappa shape index (κ1) is 21.8. The fourth-order valence-electron chi connectivity index (χ4n) is 3.42. The largest absolute Gasteiger partial charge is 0.347 e. The Morgan fingerprint density at radius 3 is 1.56 bits per heavy atom. The molecule has 0 aliphatic heterocycles. The second kappa shape index (κ2) is 10.8. The molecule has 148 valence electrons. The third kappa shape index (κ3) is 6.29. The zero-order chi connectivity index (χ0) is 19.7. The Morgan fingerprint density at radius 2 is 1.22 bits per heavy atom. The van der Waals surface area contributed by atoms with Crippen molar-refractivity contribution < 1.29 is 13.6 Å². The highest BCUT2D eigenvalue weighted by atomic mass is 31.2. The van der Waals surface area contributed by atoms with Gasteiger partial charge in [0, 0.05) is 13.1 Å². The first-order valence-corrected chi connectivity index (χ1v) is 11.3. The average molecular weight is 389 g/mol. The molecule has 4 nitrogen and oxygen atoms in total. The summed E-state index contributed by atoms with van der Waals surface area (Å²) >= 11 is 0. The molecular formula is C22H32NO3P. The van der Waals surface area contributed by atoms with Crippen LogP contribution in [0.25, 0.3) is 0 Å². The van der Waals surface area contributed by atoms with E-state index in [1.807, 2.05) is 50.2 Å². The zero-order valence-electron chi connectivity index (χ0n) is 16.9. The smallest absolute Gasteiger partial charge is 0.308 e. The lowest BCUT2D eigenvalue weighted by Crippen LogP contribution is -2.39. The van der Waals surface area contributed by atoms with E-state index in [0.29, 0.717) is 26.3 Å². The van der Waals surface area contributed by atoms with Gasteiger partial charge in [0.05, 0.1) is 13.2 Å². The first-order chi connectivity index (χ1) is 13.0. The third-order valence-corrected chi connectivity index (χ3v) is 7.18. The summed E-state index contributed by atoms with van der Waals surface area (Å²) in [5.74, 6) is -0.209. The van der Waals surface area contributed by atoms with Crippen molar-refractivity contribution in [2.24, 2.45) is 5.92 Å². The van der Waals surface area contributed by atoms with E-state index in [1.54, 1.807) is 0 Å². The average Bonchev–Trinajstić information content (AvgIpc) is 2.63. The summed E-state index contributed by atoms with van der Waals surface area (Å²) in [6.45, 7) is 9.99. The van der Waals surface area contributed by atoms with E-state index in [1.165, 1.54) is 11.1 Å². The van der Waals surface area contributed by atoms with Crippen molar-refractivity contribution in [1.29, 1.82) is 0 Å².